The molecule has 6 nitrogen and oxygen atoms in total. The Morgan fingerprint density at radius 2 is 1.88 bits per heavy atom. The van der Waals surface area contributed by atoms with Crippen LogP contribution in [-0.4, -0.2) is 26.3 Å². The van der Waals surface area contributed by atoms with Crippen LogP contribution in [0.4, 0.5) is 0 Å². The van der Waals surface area contributed by atoms with Crippen LogP contribution in [0.3, 0.4) is 0 Å². The number of rotatable bonds is 7. The predicted molar refractivity (Wildman–Crippen MR) is 94.2 cm³/mol. The Bertz CT molecular complexity index is 909. The summed E-state index contributed by atoms with van der Waals surface area (Å²) >= 11 is 0. The van der Waals surface area contributed by atoms with Crippen LogP contribution in [0.5, 0.6) is 0 Å². The number of carbonyl (C=O) groups excluding carboxylic acids is 2. The van der Waals surface area contributed by atoms with Crippen molar-refractivity contribution >= 4 is 22.5 Å². The fourth-order valence-electron chi connectivity index (χ4n) is 3.05. The number of carbonyl (C=O) groups is 2. The summed E-state index contributed by atoms with van der Waals surface area (Å²) in [5.41, 5.74) is 1.38. The van der Waals surface area contributed by atoms with E-state index in [2.05, 4.69) is 17.1 Å². The molecule has 0 spiro atoms. The zero-order valence-electron chi connectivity index (χ0n) is 14.7. The zero-order chi connectivity index (χ0) is 18.0. The molecule has 3 rings (SSSR count). The van der Waals surface area contributed by atoms with Gasteiger partial charge in [0.05, 0.1) is 0 Å². The molecule has 25 heavy (non-hydrogen) atoms. The minimum atomic E-state index is -0.902. The lowest BCUT2D eigenvalue weighted by Gasteiger charge is -2.16. The first-order valence-electron chi connectivity index (χ1n) is 8.46. The normalized spacial score (nSPS) is 11.4. The number of hydrogen-bond donors (Lipinski definition) is 0. The van der Waals surface area contributed by atoms with Crippen molar-refractivity contribution in [3.8, 4) is 11.6 Å². The van der Waals surface area contributed by atoms with Crippen molar-refractivity contribution in [1.82, 2.24) is 14.8 Å². The molecule has 0 saturated carbocycles. The zero-order valence-corrected chi connectivity index (χ0v) is 14.7. The number of unbranched alkanes of at least 4 members (excludes halogenated alkanes) is 1. The van der Waals surface area contributed by atoms with Gasteiger partial charge in [-0.05, 0) is 32.4 Å². The summed E-state index contributed by atoms with van der Waals surface area (Å²) in [6, 6.07) is 8.58. The number of hydrogen-bond acceptors (Lipinski definition) is 5. The molecule has 0 bridgehead atoms. The Balaban J connectivity index is 2.17. The maximum Gasteiger partial charge on any atom is 0.264 e. The van der Waals surface area contributed by atoms with E-state index in [0.717, 1.165) is 23.7 Å². The van der Waals surface area contributed by atoms with Crippen LogP contribution in [0, 0.1) is 0 Å². The van der Waals surface area contributed by atoms with Gasteiger partial charge < -0.3 is 8.98 Å². The molecule has 0 N–H and O–H groups in total. The molecule has 0 aliphatic rings. The molecular formula is C19H21N3O3. The molecule has 2 heterocycles. The fraction of sp³-hybridized carbons (Fsp3) is 0.368. The Morgan fingerprint density at radius 3 is 2.56 bits per heavy atom. The van der Waals surface area contributed by atoms with Crippen LogP contribution in [-0.2, 0) is 16.0 Å². The van der Waals surface area contributed by atoms with Crippen molar-refractivity contribution in [3.05, 3.63) is 36.2 Å². The van der Waals surface area contributed by atoms with Crippen molar-refractivity contribution in [3.63, 3.8) is 0 Å². The van der Waals surface area contributed by atoms with Crippen molar-refractivity contribution in [1.29, 1.82) is 0 Å². The van der Waals surface area contributed by atoms with E-state index >= 15 is 0 Å². The third-order valence-corrected chi connectivity index (χ3v) is 4.21. The molecule has 0 atom stereocenters. The van der Waals surface area contributed by atoms with Crippen LogP contribution in [0.1, 0.15) is 45.5 Å². The molecule has 3 aromatic rings. The Morgan fingerprint density at radius 1 is 1.16 bits per heavy atom. The van der Waals surface area contributed by atoms with Gasteiger partial charge in [-0.25, -0.2) is 0 Å². The topological polar surface area (TPSA) is 78.0 Å². The second-order valence-electron chi connectivity index (χ2n) is 6.19. The van der Waals surface area contributed by atoms with Gasteiger partial charge in [-0.3, -0.25) is 9.59 Å². The highest BCUT2D eigenvalue weighted by Gasteiger charge is 2.28. The second kappa shape index (κ2) is 7.01. The average molecular weight is 339 g/mol. The lowest BCUT2D eigenvalue weighted by atomic mass is 10.1. The van der Waals surface area contributed by atoms with Gasteiger partial charge in [-0.2, -0.15) is 0 Å². The third-order valence-electron chi connectivity index (χ3n) is 4.21. The number of aryl methyl sites for hydroxylation is 1. The van der Waals surface area contributed by atoms with Gasteiger partial charge in [0.15, 0.2) is 17.6 Å². The van der Waals surface area contributed by atoms with Gasteiger partial charge in [0.25, 0.3) is 5.89 Å². The summed E-state index contributed by atoms with van der Waals surface area (Å²) in [4.78, 5) is 24.3. The minimum absolute atomic E-state index is 0.221. The first-order chi connectivity index (χ1) is 12.0. The number of ketones is 2. The van der Waals surface area contributed by atoms with E-state index in [0.29, 0.717) is 23.9 Å². The second-order valence-corrected chi connectivity index (χ2v) is 6.19. The predicted octanol–water partition coefficient (Wildman–Crippen LogP) is 3.75. The van der Waals surface area contributed by atoms with Crippen LogP contribution in [0.2, 0.25) is 0 Å². The Hall–Kier alpha value is -2.76. The van der Waals surface area contributed by atoms with E-state index in [1.54, 1.807) is 4.57 Å². The van der Waals surface area contributed by atoms with Gasteiger partial charge in [0.2, 0.25) is 5.89 Å². The van der Waals surface area contributed by atoms with Gasteiger partial charge in [0, 0.05) is 17.3 Å². The molecule has 2 aromatic heterocycles. The van der Waals surface area contributed by atoms with Crippen molar-refractivity contribution < 1.29 is 14.0 Å². The number of para-hydroxylation sites is 1. The fourth-order valence-corrected chi connectivity index (χ4v) is 3.05. The molecule has 1 aromatic carbocycles. The largest absolute Gasteiger partial charge is 0.419 e. The summed E-state index contributed by atoms with van der Waals surface area (Å²) in [6.45, 7) is 4.94. The Kier molecular flexibility index (Phi) is 4.79. The van der Waals surface area contributed by atoms with E-state index in [1.165, 1.54) is 13.8 Å². The van der Waals surface area contributed by atoms with E-state index in [9.17, 15) is 9.59 Å². The molecule has 0 unspecified atom stereocenters. The van der Waals surface area contributed by atoms with Crippen molar-refractivity contribution in [2.45, 2.75) is 46.1 Å². The molecule has 0 aliphatic carbocycles. The lowest BCUT2D eigenvalue weighted by molar-refractivity contribution is -0.129. The van der Waals surface area contributed by atoms with E-state index < -0.39 is 6.04 Å². The molecule has 0 amide bonds. The third kappa shape index (κ3) is 3.24. The lowest BCUT2D eigenvalue weighted by Crippen LogP contribution is -2.24. The number of Topliss-reactive ketones (excluding diaryl/α,β-unsaturated/α-hetero) is 2. The van der Waals surface area contributed by atoms with E-state index in [1.807, 2.05) is 30.3 Å². The number of nitrogens with zero attached hydrogens (tertiary/aromatic N) is 3. The van der Waals surface area contributed by atoms with Gasteiger partial charge in [-0.15, -0.1) is 10.2 Å². The molecule has 6 heteroatoms. The highest BCUT2D eigenvalue weighted by molar-refractivity contribution is 6.04. The van der Waals surface area contributed by atoms with Crippen molar-refractivity contribution in [2.24, 2.45) is 0 Å². The molecule has 0 radical (unpaired) electrons. The minimum Gasteiger partial charge on any atom is -0.419 e. The number of benzene rings is 1. The van der Waals surface area contributed by atoms with Gasteiger partial charge in [-0.1, -0.05) is 31.5 Å². The maximum absolute atomic E-state index is 12.1. The summed E-state index contributed by atoms with van der Waals surface area (Å²) in [6.07, 6.45) is 2.72. The maximum atomic E-state index is 12.1. The molecule has 0 aliphatic heterocycles. The summed E-state index contributed by atoms with van der Waals surface area (Å²) in [5.74, 6) is 0.451. The standard InChI is InChI=1S/C19H21N3O3/c1-4-5-10-17-20-21-19(25-17)16-11-14-8-6-7-9-15(14)22(16)18(12(2)23)13(3)24/h6-9,11,18H,4-5,10H2,1-3H3. The Labute approximate surface area is 145 Å². The van der Waals surface area contributed by atoms with Gasteiger partial charge in [0.1, 0.15) is 5.69 Å². The average Bonchev–Trinajstić information content (AvgIpc) is 3.17. The first kappa shape index (κ1) is 17.1. The highest BCUT2D eigenvalue weighted by atomic mass is 16.4. The molecule has 0 fully saturated rings. The van der Waals surface area contributed by atoms with Crippen molar-refractivity contribution in [2.75, 3.05) is 0 Å². The number of fused-ring (bicyclic) bond motifs is 1. The quantitative estimate of drug-likeness (QED) is 0.613. The first-order valence-corrected chi connectivity index (χ1v) is 8.46. The van der Waals surface area contributed by atoms with Gasteiger partial charge >= 0.3 is 0 Å². The summed E-state index contributed by atoms with van der Waals surface area (Å²) in [5, 5.41) is 9.14. The van der Waals surface area contributed by atoms with Crippen LogP contribution < -0.4 is 0 Å². The number of aromatic nitrogens is 3. The SMILES string of the molecule is CCCCc1nnc(-c2cc3ccccc3n2C(C(C)=O)C(C)=O)o1. The molecular weight excluding hydrogens is 318 g/mol. The van der Waals surface area contributed by atoms with E-state index in [-0.39, 0.29) is 11.6 Å². The van der Waals surface area contributed by atoms with Crippen LogP contribution in [0.15, 0.2) is 34.7 Å². The smallest absolute Gasteiger partial charge is 0.264 e. The monoisotopic (exact) mass is 339 g/mol. The molecule has 130 valence electrons. The molecule has 0 saturated heterocycles. The highest BCUT2D eigenvalue weighted by Crippen LogP contribution is 2.31. The van der Waals surface area contributed by atoms with Crippen LogP contribution in [0.25, 0.3) is 22.5 Å². The summed E-state index contributed by atoms with van der Waals surface area (Å²) < 4.78 is 7.49. The summed E-state index contributed by atoms with van der Waals surface area (Å²) in [7, 11) is 0. The van der Waals surface area contributed by atoms with Crippen LogP contribution >= 0.6 is 0 Å². The van der Waals surface area contributed by atoms with E-state index in [4.69, 9.17) is 4.42 Å².